The monoisotopic (exact) mass is 421 g/mol. The summed E-state index contributed by atoms with van der Waals surface area (Å²) in [6, 6.07) is 43.3. The van der Waals surface area contributed by atoms with Gasteiger partial charge < -0.3 is 0 Å². The Hall–Kier alpha value is -4.23. The number of hydrogen-bond donors (Lipinski definition) is 0. The fraction of sp³-hybridized carbons (Fsp3) is 0.0312. The molecule has 0 aliphatic heterocycles. The van der Waals surface area contributed by atoms with Gasteiger partial charge in [-0.1, -0.05) is 103 Å². The first-order valence-electron chi connectivity index (χ1n) is 11.3. The zero-order valence-corrected chi connectivity index (χ0v) is 18.5. The lowest BCUT2D eigenvalue weighted by Gasteiger charge is -2.12. The summed E-state index contributed by atoms with van der Waals surface area (Å²) in [5.41, 5.74) is 7.87. The molecule has 5 aromatic carbocycles. The second kappa shape index (κ2) is 8.03. The Labute approximate surface area is 194 Å². The molecule has 0 aliphatic rings. The molecule has 0 atom stereocenters. The Bertz CT molecular complexity index is 1510. The number of hydrogen-bond acceptors (Lipinski definition) is 1. The van der Waals surface area contributed by atoms with Crippen LogP contribution in [-0.2, 0) is 0 Å². The van der Waals surface area contributed by atoms with Gasteiger partial charge in [-0.3, -0.25) is 0 Å². The lowest BCUT2D eigenvalue weighted by atomic mass is 9.97. The van der Waals surface area contributed by atoms with Crippen molar-refractivity contribution in [1.29, 1.82) is 0 Å². The Morgan fingerprint density at radius 1 is 0.394 bits per heavy atom. The van der Waals surface area contributed by atoms with E-state index in [1.54, 1.807) is 0 Å². The maximum Gasteiger partial charge on any atom is 0.0715 e. The van der Waals surface area contributed by atoms with Crippen molar-refractivity contribution < 1.29 is 0 Å². The van der Waals surface area contributed by atoms with Crippen molar-refractivity contribution in [3.05, 3.63) is 127 Å². The molecule has 0 unspecified atom stereocenters. The second-order valence-electron chi connectivity index (χ2n) is 8.62. The largest absolute Gasteiger partial charge is 0.248 e. The van der Waals surface area contributed by atoms with E-state index in [0.717, 1.165) is 22.5 Å². The third-order valence-electron chi connectivity index (χ3n) is 6.30. The number of pyridine rings is 1. The summed E-state index contributed by atoms with van der Waals surface area (Å²) in [7, 11) is 0. The van der Waals surface area contributed by atoms with E-state index in [-0.39, 0.29) is 0 Å². The van der Waals surface area contributed by atoms with Crippen molar-refractivity contribution in [2.75, 3.05) is 0 Å². The van der Waals surface area contributed by atoms with Crippen molar-refractivity contribution in [2.24, 2.45) is 0 Å². The summed E-state index contributed by atoms with van der Waals surface area (Å²) >= 11 is 0. The third kappa shape index (κ3) is 3.79. The van der Waals surface area contributed by atoms with Crippen molar-refractivity contribution in [3.8, 4) is 33.6 Å². The molecule has 0 saturated heterocycles. The van der Waals surface area contributed by atoms with Gasteiger partial charge in [0.2, 0.25) is 0 Å². The predicted octanol–water partition coefficient (Wildman–Crippen LogP) is 8.70. The summed E-state index contributed by atoms with van der Waals surface area (Å²) in [6.45, 7) is 2.12. The SMILES string of the molecule is Cc1ccc(-c2cc(-c3ccc4ccccc4c3)nc(-c3ccc4ccccc4c3)c2)cc1. The summed E-state index contributed by atoms with van der Waals surface area (Å²) < 4.78 is 0. The van der Waals surface area contributed by atoms with Gasteiger partial charge >= 0.3 is 0 Å². The average Bonchev–Trinajstić information content (AvgIpc) is 2.88. The smallest absolute Gasteiger partial charge is 0.0715 e. The van der Waals surface area contributed by atoms with E-state index in [1.807, 2.05) is 0 Å². The minimum atomic E-state index is 0.988. The number of benzene rings is 5. The number of aromatic nitrogens is 1. The van der Waals surface area contributed by atoms with Gasteiger partial charge in [0.25, 0.3) is 0 Å². The molecule has 6 rings (SSSR count). The molecule has 0 radical (unpaired) electrons. The molecule has 1 aromatic heterocycles. The lowest BCUT2D eigenvalue weighted by molar-refractivity contribution is 1.33. The van der Waals surface area contributed by atoms with Crippen LogP contribution in [0, 0.1) is 6.92 Å². The summed E-state index contributed by atoms with van der Waals surface area (Å²) in [5.74, 6) is 0. The molecule has 0 N–H and O–H groups in total. The maximum absolute atomic E-state index is 5.13. The Kier molecular flexibility index (Phi) is 4.74. The lowest BCUT2D eigenvalue weighted by Crippen LogP contribution is -1.92. The van der Waals surface area contributed by atoms with Gasteiger partial charge in [-0.2, -0.15) is 0 Å². The van der Waals surface area contributed by atoms with Crippen LogP contribution >= 0.6 is 0 Å². The number of aryl methyl sites for hydroxylation is 1. The highest BCUT2D eigenvalue weighted by atomic mass is 14.7. The zero-order chi connectivity index (χ0) is 22.2. The molecule has 0 amide bonds. The van der Waals surface area contributed by atoms with Crippen LogP contribution in [0.15, 0.2) is 121 Å². The zero-order valence-electron chi connectivity index (χ0n) is 18.5. The van der Waals surface area contributed by atoms with E-state index in [1.165, 1.54) is 38.2 Å². The molecule has 0 aliphatic carbocycles. The number of nitrogens with zero attached hydrogens (tertiary/aromatic N) is 1. The van der Waals surface area contributed by atoms with Gasteiger partial charge in [-0.25, -0.2) is 4.98 Å². The topological polar surface area (TPSA) is 12.9 Å². The van der Waals surface area contributed by atoms with E-state index in [2.05, 4.69) is 128 Å². The summed E-state index contributed by atoms with van der Waals surface area (Å²) in [6.07, 6.45) is 0. The highest BCUT2D eigenvalue weighted by molar-refractivity contribution is 5.89. The van der Waals surface area contributed by atoms with Crippen LogP contribution in [0.5, 0.6) is 0 Å². The third-order valence-corrected chi connectivity index (χ3v) is 6.30. The first kappa shape index (κ1) is 19.5. The molecule has 6 aromatic rings. The molecule has 33 heavy (non-hydrogen) atoms. The van der Waals surface area contributed by atoms with E-state index in [0.29, 0.717) is 0 Å². The molecule has 0 spiro atoms. The van der Waals surface area contributed by atoms with Gasteiger partial charge in [-0.05, 0) is 63.9 Å². The Morgan fingerprint density at radius 3 is 1.36 bits per heavy atom. The number of fused-ring (bicyclic) bond motifs is 2. The maximum atomic E-state index is 5.13. The molecule has 0 fully saturated rings. The van der Waals surface area contributed by atoms with Crippen LogP contribution in [0.2, 0.25) is 0 Å². The minimum absolute atomic E-state index is 0.988. The van der Waals surface area contributed by atoms with Crippen LogP contribution in [-0.4, -0.2) is 4.98 Å². The summed E-state index contributed by atoms with van der Waals surface area (Å²) in [5, 5.41) is 4.94. The molecule has 0 bridgehead atoms. The molecular weight excluding hydrogens is 398 g/mol. The van der Waals surface area contributed by atoms with Gasteiger partial charge in [0.1, 0.15) is 0 Å². The fourth-order valence-electron chi connectivity index (χ4n) is 4.44. The van der Waals surface area contributed by atoms with Gasteiger partial charge in [0.05, 0.1) is 11.4 Å². The van der Waals surface area contributed by atoms with Crippen LogP contribution < -0.4 is 0 Å². The highest BCUT2D eigenvalue weighted by Gasteiger charge is 2.10. The average molecular weight is 422 g/mol. The molecular formula is C32H23N. The quantitative estimate of drug-likeness (QED) is 0.278. The van der Waals surface area contributed by atoms with Crippen LogP contribution in [0.3, 0.4) is 0 Å². The van der Waals surface area contributed by atoms with E-state index in [9.17, 15) is 0 Å². The Morgan fingerprint density at radius 2 is 0.848 bits per heavy atom. The Balaban J connectivity index is 1.56. The van der Waals surface area contributed by atoms with Crippen molar-refractivity contribution in [2.45, 2.75) is 6.92 Å². The van der Waals surface area contributed by atoms with Crippen molar-refractivity contribution in [1.82, 2.24) is 4.98 Å². The van der Waals surface area contributed by atoms with Crippen LogP contribution in [0.1, 0.15) is 5.56 Å². The summed E-state index contributed by atoms with van der Waals surface area (Å²) in [4.78, 5) is 5.13. The van der Waals surface area contributed by atoms with Crippen LogP contribution in [0.4, 0.5) is 0 Å². The van der Waals surface area contributed by atoms with Crippen molar-refractivity contribution in [3.63, 3.8) is 0 Å². The van der Waals surface area contributed by atoms with E-state index in [4.69, 9.17) is 4.98 Å². The van der Waals surface area contributed by atoms with Crippen molar-refractivity contribution >= 4 is 21.5 Å². The molecule has 1 heterocycles. The fourth-order valence-corrected chi connectivity index (χ4v) is 4.44. The first-order valence-corrected chi connectivity index (χ1v) is 11.3. The van der Waals surface area contributed by atoms with Gasteiger partial charge in [-0.15, -0.1) is 0 Å². The van der Waals surface area contributed by atoms with Gasteiger partial charge in [0, 0.05) is 11.1 Å². The predicted molar refractivity (Wildman–Crippen MR) is 140 cm³/mol. The molecule has 1 heteroatoms. The molecule has 0 saturated carbocycles. The highest BCUT2D eigenvalue weighted by Crippen LogP contribution is 2.32. The standard InChI is InChI=1S/C32H23N/c1-22-10-12-25(13-11-22)30-20-31(28-16-14-23-6-2-4-8-26(23)18-28)33-32(21-30)29-17-15-24-7-3-5-9-27(24)19-29/h2-21H,1H3. The normalized spacial score (nSPS) is 11.2. The molecule has 156 valence electrons. The van der Waals surface area contributed by atoms with Gasteiger partial charge in [0.15, 0.2) is 0 Å². The van der Waals surface area contributed by atoms with Crippen LogP contribution in [0.25, 0.3) is 55.2 Å². The molecule has 1 nitrogen and oxygen atoms in total. The van der Waals surface area contributed by atoms with E-state index < -0.39 is 0 Å². The number of rotatable bonds is 3. The second-order valence-corrected chi connectivity index (χ2v) is 8.62. The van der Waals surface area contributed by atoms with E-state index >= 15 is 0 Å². The first-order chi connectivity index (χ1) is 16.2. The minimum Gasteiger partial charge on any atom is -0.248 e.